The molecule has 1 aromatic heterocycles. The van der Waals surface area contributed by atoms with Gasteiger partial charge >= 0.3 is 0 Å². The first-order chi connectivity index (χ1) is 7.48. The standard InChI is InChI=1S/C13H17N3/c1-13(2,3)12-8-9-16(15-12)11-7-5-4-6-10(11)14/h4-9H,14H2,1-3H3. The first kappa shape index (κ1) is 10.7. The topological polar surface area (TPSA) is 43.8 Å². The number of aromatic nitrogens is 2. The molecule has 0 spiro atoms. The van der Waals surface area contributed by atoms with E-state index >= 15 is 0 Å². The van der Waals surface area contributed by atoms with E-state index < -0.39 is 0 Å². The molecule has 0 aliphatic carbocycles. The van der Waals surface area contributed by atoms with Gasteiger partial charge in [-0.25, -0.2) is 4.68 Å². The lowest BCUT2D eigenvalue weighted by Gasteiger charge is -2.14. The summed E-state index contributed by atoms with van der Waals surface area (Å²) in [4.78, 5) is 0. The Labute approximate surface area is 95.9 Å². The van der Waals surface area contributed by atoms with Crippen LogP contribution in [0.1, 0.15) is 26.5 Å². The lowest BCUT2D eigenvalue weighted by atomic mass is 9.93. The van der Waals surface area contributed by atoms with Crippen molar-refractivity contribution in [1.82, 2.24) is 9.78 Å². The zero-order valence-electron chi connectivity index (χ0n) is 9.94. The molecule has 0 saturated heterocycles. The Morgan fingerprint density at radius 3 is 2.38 bits per heavy atom. The summed E-state index contributed by atoms with van der Waals surface area (Å²) in [7, 11) is 0. The van der Waals surface area contributed by atoms with Crippen LogP contribution in [-0.4, -0.2) is 9.78 Å². The zero-order chi connectivity index (χ0) is 11.8. The number of benzene rings is 1. The monoisotopic (exact) mass is 215 g/mol. The maximum absolute atomic E-state index is 5.91. The van der Waals surface area contributed by atoms with E-state index in [1.165, 1.54) is 0 Å². The van der Waals surface area contributed by atoms with E-state index in [0.717, 1.165) is 17.1 Å². The van der Waals surface area contributed by atoms with Crippen molar-refractivity contribution in [2.75, 3.05) is 5.73 Å². The third-order valence-corrected chi connectivity index (χ3v) is 2.54. The Morgan fingerprint density at radius 2 is 1.81 bits per heavy atom. The maximum atomic E-state index is 5.91. The van der Waals surface area contributed by atoms with Crippen molar-refractivity contribution in [2.24, 2.45) is 0 Å². The van der Waals surface area contributed by atoms with Gasteiger partial charge in [-0.1, -0.05) is 32.9 Å². The van der Waals surface area contributed by atoms with Crippen molar-refractivity contribution in [3.63, 3.8) is 0 Å². The molecular formula is C13H17N3. The fraction of sp³-hybridized carbons (Fsp3) is 0.308. The average Bonchev–Trinajstić information content (AvgIpc) is 2.66. The third-order valence-electron chi connectivity index (χ3n) is 2.54. The summed E-state index contributed by atoms with van der Waals surface area (Å²) < 4.78 is 1.83. The van der Waals surface area contributed by atoms with Crippen LogP contribution >= 0.6 is 0 Å². The highest BCUT2D eigenvalue weighted by atomic mass is 15.3. The van der Waals surface area contributed by atoms with Gasteiger partial charge in [0.15, 0.2) is 0 Å². The van der Waals surface area contributed by atoms with E-state index in [4.69, 9.17) is 5.73 Å². The molecule has 0 radical (unpaired) electrons. The molecule has 0 unspecified atom stereocenters. The van der Waals surface area contributed by atoms with Gasteiger partial charge in [0.1, 0.15) is 0 Å². The van der Waals surface area contributed by atoms with Gasteiger partial charge in [0.25, 0.3) is 0 Å². The molecule has 3 nitrogen and oxygen atoms in total. The molecule has 16 heavy (non-hydrogen) atoms. The summed E-state index contributed by atoms with van der Waals surface area (Å²) in [6, 6.07) is 9.77. The summed E-state index contributed by atoms with van der Waals surface area (Å²) in [6.07, 6.45) is 1.95. The molecule has 0 amide bonds. The minimum Gasteiger partial charge on any atom is -0.397 e. The highest BCUT2D eigenvalue weighted by Gasteiger charge is 2.17. The second-order valence-electron chi connectivity index (χ2n) is 4.95. The molecule has 0 aliphatic rings. The minimum absolute atomic E-state index is 0.0643. The fourth-order valence-electron chi connectivity index (χ4n) is 1.55. The van der Waals surface area contributed by atoms with E-state index in [0.29, 0.717) is 0 Å². The van der Waals surface area contributed by atoms with Gasteiger partial charge in [0, 0.05) is 11.6 Å². The second kappa shape index (κ2) is 3.67. The van der Waals surface area contributed by atoms with Crippen LogP contribution in [-0.2, 0) is 5.41 Å². The smallest absolute Gasteiger partial charge is 0.0874 e. The van der Waals surface area contributed by atoms with Crippen LogP contribution in [0, 0.1) is 0 Å². The van der Waals surface area contributed by atoms with Crippen LogP contribution in [0.4, 0.5) is 5.69 Å². The predicted octanol–water partition coefficient (Wildman–Crippen LogP) is 2.75. The van der Waals surface area contributed by atoms with Crippen molar-refractivity contribution in [2.45, 2.75) is 26.2 Å². The Morgan fingerprint density at radius 1 is 1.12 bits per heavy atom. The van der Waals surface area contributed by atoms with Gasteiger partial charge in [-0.05, 0) is 18.2 Å². The molecule has 1 heterocycles. The first-order valence-electron chi connectivity index (χ1n) is 5.39. The van der Waals surface area contributed by atoms with Crippen LogP contribution in [0.5, 0.6) is 0 Å². The molecule has 0 bridgehead atoms. The van der Waals surface area contributed by atoms with Crippen molar-refractivity contribution < 1.29 is 0 Å². The highest BCUT2D eigenvalue weighted by Crippen LogP contribution is 2.22. The number of hydrogen-bond donors (Lipinski definition) is 1. The second-order valence-corrected chi connectivity index (χ2v) is 4.95. The van der Waals surface area contributed by atoms with Gasteiger partial charge in [0.05, 0.1) is 17.1 Å². The maximum Gasteiger partial charge on any atom is 0.0874 e. The van der Waals surface area contributed by atoms with E-state index in [1.807, 2.05) is 41.2 Å². The molecule has 0 saturated carbocycles. The molecule has 0 aliphatic heterocycles. The van der Waals surface area contributed by atoms with E-state index in [1.54, 1.807) is 0 Å². The minimum atomic E-state index is 0.0643. The SMILES string of the molecule is CC(C)(C)c1ccn(-c2ccccc2N)n1. The summed E-state index contributed by atoms with van der Waals surface area (Å²) >= 11 is 0. The van der Waals surface area contributed by atoms with Crippen molar-refractivity contribution in [1.29, 1.82) is 0 Å². The summed E-state index contributed by atoms with van der Waals surface area (Å²) in [5, 5.41) is 4.55. The lowest BCUT2D eigenvalue weighted by Crippen LogP contribution is -2.12. The molecule has 0 fully saturated rings. The van der Waals surface area contributed by atoms with E-state index in [-0.39, 0.29) is 5.41 Å². The number of rotatable bonds is 1. The Hall–Kier alpha value is -1.77. The quantitative estimate of drug-likeness (QED) is 0.743. The molecular weight excluding hydrogens is 198 g/mol. The third kappa shape index (κ3) is 1.94. The molecule has 2 N–H and O–H groups in total. The van der Waals surface area contributed by atoms with Gasteiger partial charge < -0.3 is 5.73 Å². The Bertz CT molecular complexity index is 492. The van der Waals surface area contributed by atoms with Crippen LogP contribution in [0.25, 0.3) is 5.69 Å². The first-order valence-corrected chi connectivity index (χ1v) is 5.39. The number of nitrogens with two attached hydrogens (primary N) is 1. The number of hydrogen-bond acceptors (Lipinski definition) is 2. The molecule has 0 atom stereocenters. The van der Waals surface area contributed by atoms with Gasteiger partial charge in [-0.3, -0.25) is 0 Å². The van der Waals surface area contributed by atoms with Crippen molar-refractivity contribution in [3.05, 3.63) is 42.2 Å². The summed E-state index contributed by atoms with van der Waals surface area (Å²) in [5.74, 6) is 0. The molecule has 2 rings (SSSR count). The van der Waals surface area contributed by atoms with E-state index in [9.17, 15) is 0 Å². The number of nitrogen functional groups attached to an aromatic ring is 1. The van der Waals surface area contributed by atoms with Crippen LogP contribution < -0.4 is 5.73 Å². The van der Waals surface area contributed by atoms with Crippen LogP contribution in [0.2, 0.25) is 0 Å². The Kier molecular flexibility index (Phi) is 2.46. The predicted molar refractivity (Wildman–Crippen MR) is 66.7 cm³/mol. The van der Waals surface area contributed by atoms with Gasteiger partial charge in [-0.15, -0.1) is 0 Å². The van der Waals surface area contributed by atoms with Crippen LogP contribution in [0.15, 0.2) is 36.5 Å². The largest absolute Gasteiger partial charge is 0.397 e. The average molecular weight is 215 g/mol. The molecule has 2 aromatic rings. The van der Waals surface area contributed by atoms with E-state index in [2.05, 4.69) is 25.9 Å². The molecule has 84 valence electrons. The number of para-hydroxylation sites is 2. The van der Waals surface area contributed by atoms with Crippen molar-refractivity contribution >= 4 is 5.69 Å². The normalized spacial score (nSPS) is 11.7. The zero-order valence-corrected chi connectivity index (χ0v) is 9.94. The van der Waals surface area contributed by atoms with Crippen molar-refractivity contribution in [3.8, 4) is 5.69 Å². The molecule has 3 heteroatoms. The number of anilines is 1. The summed E-state index contributed by atoms with van der Waals surface area (Å²) in [5.41, 5.74) is 8.71. The van der Waals surface area contributed by atoms with Crippen LogP contribution in [0.3, 0.4) is 0 Å². The molecule has 1 aromatic carbocycles. The lowest BCUT2D eigenvalue weighted by molar-refractivity contribution is 0.560. The van der Waals surface area contributed by atoms with Gasteiger partial charge in [0.2, 0.25) is 0 Å². The highest BCUT2D eigenvalue weighted by molar-refractivity contribution is 5.56. The summed E-state index contributed by atoms with van der Waals surface area (Å²) in [6.45, 7) is 6.44. The van der Waals surface area contributed by atoms with Gasteiger partial charge in [-0.2, -0.15) is 5.10 Å². The fourth-order valence-corrected chi connectivity index (χ4v) is 1.55. The number of nitrogens with zero attached hydrogens (tertiary/aromatic N) is 2. The Balaban J connectivity index is 2.44.